The third kappa shape index (κ3) is 3.95. The molecule has 5 nitrogen and oxygen atoms in total. The van der Waals surface area contributed by atoms with Gasteiger partial charge >= 0.3 is 5.97 Å². The first-order chi connectivity index (χ1) is 12.7. The number of carboxylic acid groups (broad SMARTS) is 1. The fourth-order valence-electron chi connectivity index (χ4n) is 3.28. The van der Waals surface area contributed by atoms with Crippen molar-refractivity contribution >= 4 is 16.9 Å². The summed E-state index contributed by atoms with van der Waals surface area (Å²) in [6, 6.07) is 17.8. The summed E-state index contributed by atoms with van der Waals surface area (Å²) in [5.74, 6) is -0.897. The fraction of sp³-hybridized carbons (Fsp3) is 0.286. The largest absolute Gasteiger partial charge is 0.477 e. The van der Waals surface area contributed by atoms with Crippen molar-refractivity contribution in [2.75, 3.05) is 20.3 Å². The summed E-state index contributed by atoms with van der Waals surface area (Å²) in [5.41, 5.74) is 3.22. The molecule has 0 unspecified atom stereocenters. The zero-order valence-electron chi connectivity index (χ0n) is 14.9. The summed E-state index contributed by atoms with van der Waals surface area (Å²) in [7, 11) is 1.68. The lowest BCUT2D eigenvalue weighted by Crippen LogP contribution is -2.19. The molecule has 0 bridgehead atoms. The van der Waals surface area contributed by atoms with Crippen molar-refractivity contribution < 1.29 is 14.6 Å². The summed E-state index contributed by atoms with van der Waals surface area (Å²) in [4.78, 5) is 12.1. The zero-order chi connectivity index (χ0) is 18.4. The van der Waals surface area contributed by atoms with Gasteiger partial charge in [0.1, 0.15) is 5.69 Å². The first-order valence-electron chi connectivity index (χ1n) is 8.79. The van der Waals surface area contributed by atoms with Crippen LogP contribution in [0.1, 0.15) is 28.0 Å². The van der Waals surface area contributed by atoms with E-state index in [2.05, 4.69) is 5.32 Å². The van der Waals surface area contributed by atoms with Gasteiger partial charge in [0, 0.05) is 43.3 Å². The number of hydrogen-bond donors (Lipinski definition) is 2. The van der Waals surface area contributed by atoms with Gasteiger partial charge in [0.15, 0.2) is 0 Å². The van der Waals surface area contributed by atoms with Crippen LogP contribution in [0, 0.1) is 0 Å². The maximum absolute atomic E-state index is 12.1. The van der Waals surface area contributed by atoms with Crippen LogP contribution >= 0.6 is 0 Å². The summed E-state index contributed by atoms with van der Waals surface area (Å²) in [6.45, 7) is 2.53. The number of ether oxygens (including phenoxy) is 1. The second-order valence-corrected chi connectivity index (χ2v) is 6.24. The molecular weight excluding hydrogens is 328 g/mol. The van der Waals surface area contributed by atoms with Crippen LogP contribution in [0.3, 0.4) is 0 Å². The lowest BCUT2D eigenvalue weighted by molar-refractivity contribution is 0.0684. The van der Waals surface area contributed by atoms with Crippen LogP contribution in [0.2, 0.25) is 0 Å². The maximum atomic E-state index is 12.1. The quantitative estimate of drug-likeness (QED) is 0.579. The molecule has 1 heterocycles. The summed E-state index contributed by atoms with van der Waals surface area (Å²) < 4.78 is 6.96. The number of hydrogen-bond acceptors (Lipinski definition) is 3. The van der Waals surface area contributed by atoms with Crippen molar-refractivity contribution in [3.05, 3.63) is 71.4 Å². The Labute approximate surface area is 153 Å². The number of methoxy groups -OCH3 is 1. The predicted octanol–water partition coefficient (Wildman–Crippen LogP) is 3.51. The Kier molecular flexibility index (Phi) is 6.04. The van der Waals surface area contributed by atoms with E-state index in [0.717, 1.165) is 35.0 Å². The highest BCUT2D eigenvalue weighted by atomic mass is 16.5. The molecule has 3 aromatic rings. The van der Waals surface area contributed by atoms with E-state index in [1.54, 1.807) is 7.11 Å². The van der Waals surface area contributed by atoms with Crippen molar-refractivity contribution in [1.29, 1.82) is 0 Å². The standard InChI is InChI=1S/C21H24N2O3/c1-26-13-7-12-22-14-18-17-10-5-6-11-19(17)23(20(18)21(24)25)15-16-8-3-2-4-9-16/h2-6,8-11,22H,7,12-15H2,1H3,(H,24,25). The van der Waals surface area contributed by atoms with Crippen molar-refractivity contribution in [2.45, 2.75) is 19.5 Å². The Morgan fingerprint density at radius 3 is 2.58 bits per heavy atom. The second kappa shape index (κ2) is 8.65. The Hall–Kier alpha value is -2.63. The molecule has 0 atom stereocenters. The third-order valence-corrected chi connectivity index (χ3v) is 4.47. The SMILES string of the molecule is COCCCNCc1c(C(=O)O)n(Cc2ccccc2)c2ccccc12. The number of carboxylic acids is 1. The number of rotatable bonds is 9. The molecule has 0 saturated heterocycles. The van der Waals surface area contributed by atoms with Gasteiger partial charge < -0.3 is 19.7 Å². The van der Waals surface area contributed by atoms with Crippen LogP contribution in [0.25, 0.3) is 10.9 Å². The molecule has 5 heteroatoms. The lowest BCUT2D eigenvalue weighted by Gasteiger charge is -2.10. The molecule has 0 aliphatic heterocycles. The van der Waals surface area contributed by atoms with Crippen LogP contribution < -0.4 is 5.32 Å². The van der Waals surface area contributed by atoms with Gasteiger partial charge in [0.2, 0.25) is 0 Å². The second-order valence-electron chi connectivity index (χ2n) is 6.24. The number of para-hydroxylation sites is 1. The molecule has 26 heavy (non-hydrogen) atoms. The number of benzene rings is 2. The molecule has 0 fully saturated rings. The first kappa shape index (κ1) is 18.2. The van der Waals surface area contributed by atoms with Crippen LogP contribution in [-0.4, -0.2) is 35.9 Å². The topological polar surface area (TPSA) is 63.5 Å². The van der Waals surface area contributed by atoms with E-state index in [1.807, 2.05) is 59.2 Å². The van der Waals surface area contributed by atoms with Gasteiger partial charge in [-0.15, -0.1) is 0 Å². The van der Waals surface area contributed by atoms with E-state index in [-0.39, 0.29) is 0 Å². The van der Waals surface area contributed by atoms with Crippen molar-refractivity contribution in [1.82, 2.24) is 9.88 Å². The molecule has 0 radical (unpaired) electrons. The zero-order valence-corrected chi connectivity index (χ0v) is 14.9. The Bertz CT molecular complexity index is 872. The maximum Gasteiger partial charge on any atom is 0.352 e. The Balaban J connectivity index is 1.97. The summed E-state index contributed by atoms with van der Waals surface area (Å²) >= 11 is 0. The van der Waals surface area contributed by atoms with Crippen LogP contribution in [0.5, 0.6) is 0 Å². The number of aromatic carboxylic acids is 1. The normalized spacial score (nSPS) is 11.1. The Morgan fingerprint density at radius 1 is 1.12 bits per heavy atom. The molecule has 3 rings (SSSR count). The molecule has 0 aliphatic carbocycles. The van der Waals surface area contributed by atoms with Crippen LogP contribution in [0.4, 0.5) is 0 Å². The van der Waals surface area contributed by atoms with E-state index in [9.17, 15) is 9.90 Å². The van der Waals surface area contributed by atoms with Crippen molar-refractivity contribution in [3.8, 4) is 0 Å². The van der Waals surface area contributed by atoms with Gasteiger partial charge in [-0.05, 0) is 24.6 Å². The molecule has 1 aromatic heterocycles. The summed E-state index contributed by atoms with van der Waals surface area (Å²) in [6.07, 6.45) is 0.890. The molecule has 2 aromatic carbocycles. The lowest BCUT2D eigenvalue weighted by atomic mass is 10.1. The van der Waals surface area contributed by atoms with Crippen molar-refractivity contribution in [3.63, 3.8) is 0 Å². The van der Waals surface area contributed by atoms with Gasteiger partial charge in [-0.2, -0.15) is 0 Å². The number of nitrogens with zero attached hydrogens (tertiary/aromatic N) is 1. The van der Waals surface area contributed by atoms with Gasteiger partial charge in [-0.1, -0.05) is 48.5 Å². The molecule has 0 amide bonds. The van der Waals surface area contributed by atoms with Crippen LogP contribution in [0.15, 0.2) is 54.6 Å². The van der Waals surface area contributed by atoms with Gasteiger partial charge in [-0.3, -0.25) is 0 Å². The minimum atomic E-state index is -0.897. The first-order valence-corrected chi connectivity index (χ1v) is 8.79. The van der Waals surface area contributed by atoms with E-state index >= 15 is 0 Å². The third-order valence-electron chi connectivity index (χ3n) is 4.47. The predicted molar refractivity (Wildman–Crippen MR) is 103 cm³/mol. The van der Waals surface area contributed by atoms with Crippen molar-refractivity contribution in [2.24, 2.45) is 0 Å². The van der Waals surface area contributed by atoms with Gasteiger partial charge in [0.05, 0.1) is 0 Å². The average Bonchev–Trinajstić information content (AvgIpc) is 2.96. The molecule has 0 spiro atoms. The summed E-state index contributed by atoms with van der Waals surface area (Å²) in [5, 5.41) is 14.2. The highest BCUT2D eigenvalue weighted by molar-refractivity contribution is 5.98. The molecule has 136 valence electrons. The molecule has 2 N–H and O–H groups in total. The molecule has 0 aliphatic rings. The Morgan fingerprint density at radius 2 is 1.85 bits per heavy atom. The average molecular weight is 352 g/mol. The number of nitrogens with one attached hydrogen (secondary N) is 1. The molecular formula is C21H24N2O3. The monoisotopic (exact) mass is 352 g/mol. The highest BCUT2D eigenvalue weighted by Gasteiger charge is 2.21. The van der Waals surface area contributed by atoms with E-state index < -0.39 is 5.97 Å². The smallest absolute Gasteiger partial charge is 0.352 e. The highest BCUT2D eigenvalue weighted by Crippen LogP contribution is 2.27. The van der Waals surface area contributed by atoms with Crippen LogP contribution in [-0.2, 0) is 17.8 Å². The van der Waals surface area contributed by atoms with E-state index in [4.69, 9.17) is 4.74 Å². The van der Waals surface area contributed by atoms with E-state index in [0.29, 0.717) is 25.4 Å². The minimum absolute atomic E-state index is 0.356. The van der Waals surface area contributed by atoms with Gasteiger partial charge in [-0.25, -0.2) is 4.79 Å². The number of carbonyl (C=O) groups is 1. The van der Waals surface area contributed by atoms with Gasteiger partial charge in [0.25, 0.3) is 0 Å². The number of fused-ring (bicyclic) bond motifs is 1. The molecule has 0 saturated carbocycles. The number of aromatic nitrogens is 1. The van der Waals surface area contributed by atoms with E-state index in [1.165, 1.54) is 0 Å². The fourth-order valence-corrected chi connectivity index (χ4v) is 3.28. The minimum Gasteiger partial charge on any atom is -0.477 e.